The van der Waals surface area contributed by atoms with Gasteiger partial charge in [0.1, 0.15) is 11.0 Å². The molecule has 0 aromatic rings. The molecule has 0 nitrogen and oxygen atoms in total. The average molecular weight is 229 g/mol. The number of hydrogen-bond acceptors (Lipinski definition) is 0. The minimum Gasteiger partial charge on any atom is -0.243 e. The Morgan fingerprint density at radius 3 is 1.73 bits per heavy atom. The van der Waals surface area contributed by atoms with E-state index < -0.39 is 29.2 Å². The van der Waals surface area contributed by atoms with E-state index in [9.17, 15) is 13.2 Å². The van der Waals surface area contributed by atoms with Crippen molar-refractivity contribution in [3.05, 3.63) is 0 Å². The van der Waals surface area contributed by atoms with Gasteiger partial charge in [-0.3, -0.25) is 0 Å². The van der Waals surface area contributed by atoms with Crippen LogP contribution in [-0.4, -0.2) is 29.2 Å². The van der Waals surface area contributed by atoms with Gasteiger partial charge in [-0.2, -0.15) is 0 Å². The zero-order valence-corrected chi connectivity index (χ0v) is 7.55. The third kappa shape index (κ3) is 3.72. The summed E-state index contributed by atoms with van der Waals surface area (Å²) in [6.45, 7) is 0. The Hall–Kier alpha value is 0.660. The van der Waals surface area contributed by atoms with Crippen molar-refractivity contribution in [1.82, 2.24) is 0 Å². The van der Waals surface area contributed by atoms with Crippen molar-refractivity contribution < 1.29 is 13.2 Å². The van der Waals surface area contributed by atoms with Crippen LogP contribution in [0, 0.1) is 0 Å². The van der Waals surface area contributed by atoms with Gasteiger partial charge in [0, 0.05) is 0 Å². The first-order valence-corrected chi connectivity index (χ1v) is 4.17. The third-order valence-corrected chi connectivity index (χ3v) is 1.81. The molecule has 0 aliphatic carbocycles. The molecule has 0 fully saturated rings. The van der Waals surface area contributed by atoms with Crippen LogP contribution < -0.4 is 0 Å². The molecule has 68 valence electrons. The lowest BCUT2D eigenvalue weighted by Gasteiger charge is -2.15. The first-order chi connectivity index (χ1) is 5.00. The largest absolute Gasteiger partial charge is 0.243 e. The molecule has 6 heteroatoms. The number of rotatable bonds is 4. The first-order valence-electron chi connectivity index (χ1n) is 2.77. The van der Waals surface area contributed by atoms with Gasteiger partial charge in [-0.1, -0.05) is 0 Å². The molecule has 0 spiro atoms. The summed E-state index contributed by atoms with van der Waals surface area (Å²) in [6.07, 6.45) is -6.65. The van der Waals surface area contributed by atoms with Gasteiger partial charge in [-0.05, 0) is 0 Å². The molecule has 0 N–H and O–H groups in total. The highest BCUT2D eigenvalue weighted by Gasteiger charge is 2.33. The molecule has 0 aliphatic rings. The van der Waals surface area contributed by atoms with Gasteiger partial charge in [0.15, 0.2) is 12.3 Å². The Morgan fingerprint density at radius 1 is 1.00 bits per heavy atom. The van der Waals surface area contributed by atoms with E-state index in [1.165, 1.54) is 0 Å². The Balaban J connectivity index is 3.90. The predicted molar refractivity (Wildman–Crippen MR) is 40.9 cm³/mol. The predicted octanol–water partition coefficient (Wildman–Crippen LogP) is 3.04. The molecular weight excluding hydrogens is 223 g/mol. The monoisotopic (exact) mass is 228 g/mol. The highest BCUT2D eigenvalue weighted by atomic mass is 35.5. The minimum absolute atomic E-state index is 0.609. The second-order valence-corrected chi connectivity index (χ2v) is 3.37. The van der Waals surface area contributed by atoms with Crippen molar-refractivity contribution in [1.29, 1.82) is 0 Å². The Morgan fingerprint density at radius 2 is 1.45 bits per heavy atom. The Kier molecular flexibility index (Phi) is 5.65. The minimum atomic E-state index is -2.35. The first kappa shape index (κ1) is 11.7. The summed E-state index contributed by atoms with van der Waals surface area (Å²) in [5.74, 6) is -0.609. The molecule has 0 saturated carbocycles. The lowest BCUT2D eigenvalue weighted by atomic mass is 10.2. The molecule has 0 saturated heterocycles. The van der Waals surface area contributed by atoms with Crippen molar-refractivity contribution in [2.75, 3.05) is 5.88 Å². The summed E-state index contributed by atoms with van der Waals surface area (Å²) in [5, 5.41) is 0. The van der Waals surface area contributed by atoms with E-state index in [1.807, 2.05) is 0 Å². The van der Waals surface area contributed by atoms with Gasteiger partial charge in [-0.25, -0.2) is 13.2 Å². The maximum Gasteiger partial charge on any atom is 0.166 e. The second kappa shape index (κ2) is 5.33. The average Bonchev–Trinajstić information content (AvgIpc) is 2.00. The van der Waals surface area contributed by atoms with E-state index in [4.69, 9.17) is 34.8 Å². The molecule has 0 amide bonds. The van der Waals surface area contributed by atoms with Gasteiger partial charge in [0.2, 0.25) is 0 Å². The van der Waals surface area contributed by atoms with Crippen LogP contribution in [0.25, 0.3) is 0 Å². The van der Waals surface area contributed by atoms with Crippen LogP contribution in [0.3, 0.4) is 0 Å². The van der Waals surface area contributed by atoms with E-state index in [0.717, 1.165) is 0 Å². The molecule has 0 radical (unpaired) electrons. The molecule has 11 heavy (non-hydrogen) atoms. The molecule has 3 atom stereocenters. The van der Waals surface area contributed by atoms with Gasteiger partial charge in [0.25, 0.3) is 0 Å². The maximum atomic E-state index is 12.4. The molecule has 0 aliphatic heterocycles. The smallest absolute Gasteiger partial charge is 0.166 e. The molecule has 0 aromatic carbocycles. The molecule has 3 unspecified atom stereocenters. The standard InChI is InChI=1S/C5H6Cl3F3/c6-1-2(9)3(10)4(11)5(7)8/h2-5H,1H2. The van der Waals surface area contributed by atoms with Gasteiger partial charge < -0.3 is 0 Å². The fraction of sp³-hybridized carbons (Fsp3) is 1.00. The maximum absolute atomic E-state index is 12.4. The van der Waals surface area contributed by atoms with Gasteiger partial charge >= 0.3 is 0 Å². The molecular formula is C5H6Cl3F3. The van der Waals surface area contributed by atoms with Gasteiger partial charge in [0.05, 0.1) is 5.88 Å². The topological polar surface area (TPSA) is 0 Å². The van der Waals surface area contributed by atoms with Crippen LogP contribution in [0.5, 0.6) is 0 Å². The Bertz CT molecular complexity index is 111. The lowest BCUT2D eigenvalue weighted by Crippen LogP contribution is -2.33. The van der Waals surface area contributed by atoms with Gasteiger partial charge in [-0.15, -0.1) is 34.8 Å². The van der Waals surface area contributed by atoms with Crippen LogP contribution in [0.1, 0.15) is 0 Å². The van der Waals surface area contributed by atoms with E-state index >= 15 is 0 Å². The van der Waals surface area contributed by atoms with E-state index in [1.54, 1.807) is 0 Å². The fourth-order valence-corrected chi connectivity index (χ4v) is 0.872. The Labute approximate surface area is 77.6 Å². The van der Waals surface area contributed by atoms with Crippen molar-refractivity contribution in [3.8, 4) is 0 Å². The summed E-state index contributed by atoms with van der Waals surface area (Å²) in [5.41, 5.74) is 0. The van der Waals surface area contributed by atoms with Crippen LogP contribution in [0.2, 0.25) is 0 Å². The van der Waals surface area contributed by atoms with Crippen LogP contribution in [-0.2, 0) is 0 Å². The second-order valence-electron chi connectivity index (χ2n) is 1.89. The summed E-state index contributed by atoms with van der Waals surface area (Å²) < 4.78 is 37.1. The van der Waals surface area contributed by atoms with E-state index in [-0.39, 0.29) is 0 Å². The number of halogens is 6. The molecule has 0 aromatic heterocycles. The van der Waals surface area contributed by atoms with Crippen molar-refractivity contribution in [2.45, 2.75) is 23.4 Å². The summed E-state index contributed by atoms with van der Waals surface area (Å²) >= 11 is 14.9. The SMILES string of the molecule is FC(CCl)C(F)C(F)C(Cl)Cl. The lowest BCUT2D eigenvalue weighted by molar-refractivity contribution is 0.100. The highest BCUT2D eigenvalue weighted by Crippen LogP contribution is 2.21. The fourth-order valence-electron chi connectivity index (χ4n) is 0.424. The normalized spacial score (nSPS) is 19.9. The van der Waals surface area contributed by atoms with E-state index in [2.05, 4.69) is 0 Å². The highest BCUT2D eigenvalue weighted by molar-refractivity contribution is 6.44. The van der Waals surface area contributed by atoms with Crippen molar-refractivity contribution in [3.63, 3.8) is 0 Å². The summed E-state index contributed by atoms with van der Waals surface area (Å²) in [6, 6.07) is 0. The van der Waals surface area contributed by atoms with Crippen LogP contribution >= 0.6 is 34.8 Å². The zero-order valence-electron chi connectivity index (χ0n) is 5.28. The van der Waals surface area contributed by atoms with Crippen LogP contribution in [0.4, 0.5) is 13.2 Å². The van der Waals surface area contributed by atoms with Crippen LogP contribution in [0.15, 0.2) is 0 Å². The van der Waals surface area contributed by atoms with Crippen molar-refractivity contribution >= 4 is 34.8 Å². The summed E-state index contributed by atoms with van der Waals surface area (Å²) in [4.78, 5) is -1.56. The number of hydrogen-bond donors (Lipinski definition) is 0. The molecule has 0 bridgehead atoms. The zero-order chi connectivity index (χ0) is 9.02. The quantitative estimate of drug-likeness (QED) is 0.650. The van der Waals surface area contributed by atoms with E-state index in [0.29, 0.717) is 0 Å². The van der Waals surface area contributed by atoms with Crippen molar-refractivity contribution in [2.24, 2.45) is 0 Å². The molecule has 0 heterocycles. The molecule has 0 rings (SSSR count). The summed E-state index contributed by atoms with van der Waals surface area (Å²) in [7, 11) is 0. The number of alkyl halides is 6. The third-order valence-electron chi connectivity index (χ3n) is 1.04.